The van der Waals surface area contributed by atoms with Crippen molar-refractivity contribution in [3.05, 3.63) is 69.0 Å². The summed E-state index contributed by atoms with van der Waals surface area (Å²) in [5.41, 5.74) is 1.17. The van der Waals surface area contributed by atoms with Gasteiger partial charge in [0.2, 0.25) is 0 Å². The number of nitro groups is 1. The van der Waals surface area contributed by atoms with Crippen LogP contribution in [0.5, 0.6) is 0 Å². The highest BCUT2D eigenvalue weighted by molar-refractivity contribution is 6.74. The Morgan fingerprint density at radius 2 is 1.76 bits per heavy atom. The number of carbonyl (C=O) groups is 1. The van der Waals surface area contributed by atoms with Gasteiger partial charge in [0.05, 0.1) is 17.1 Å². The molecular weight excluding hydrogens is 522 g/mol. The van der Waals surface area contributed by atoms with Crippen LogP contribution in [-0.2, 0) is 15.6 Å². The minimum atomic E-state index is -2.26. The summed E-state index contributed by atoms with van der Waals surface area (Å²) in [6.45, 7) is 16.5. The number of nitrogens with zero attached hydrogens (tertiary/aromatic N) is 3. The van der Waals surface area contributed by atoms with Crippen molar-refractivity contribution in [3.8, 4) is 0 Å². The number of likely N-dealkylation sites (tertiary alicyclic amines) is 1. The predicted octanol–water partition coefficient (Wildman–Crippen LogP) is 7.72. The number of hydrogen-bond donors (Lipinski definition) is 0. The number of non-ortho nitro benzene ring substituents is 1. The zero-order chi connectivity index (χ0) is 28.5. The molecule has 1 aromatic carbocycles. The summed E-state index contributed by atoms with van der Waals surface area (Å²) in [5, 5.41) is 11.5. The van der Waals surface area contributed by atoms with Gasteiger partial charge in [0, 0.05) is 29.9 Å². The topological polar surface area (TPSA) is 94.8 Å². The molecule has 0 N–H and O–H groups in total. The van der Waals surface area contributed by atoms with E-state index in [1.54, 1.807) is 24.4 Å². The molecule has 0 saturated carbocycles. The van der Waals surface area contributed by atoms with E-state index >= 15 is 0 Å². The monoisotopic (exact) mass is 561 g/mol. The first kappa shape index (κ1) is 30.1. The lowest BCUT2D eigenvalue weighted by molar-refractivity contribution is -0.384. The normalized spacial score (nSPS) is 19.3. The lowest BCUT2D eigenvalue weighted by Gasteiger charge is -2.43. The number of aromatic nitrogens is 1. The molecule has 0 radical (unpaired) electrons. The number of pyridine rings is 1. The van der Waals surface area contributed by atoms with Crippen LogP contribution < -0.4 is 0 Å². The van der Waals surface area contributed by atoms with Crippen molar-refractivity contribution >= 4 is 31.7 Å². The lowest BCUT2D eigenvalue weighted by atomic mass is 10.0. The Morgan fingerprint density at radius 3 is 2.26 bits per heavy atom. The Kier molecular flexibility index (Phi) is 8.95. The number of halogens is 1. The van der Waals surface area contributed by atoms with Crippen LogP contribution >= 0.6 is 11.6 Å². The molecule has 3 rings (SSSR count). The highest BCUT2D eigenvalue weighted by atomic mass is 35.5. The van der Waals surface area contributed by atoms with Crippen molar-refractivity contribution in [3.63, 3.8) is 0 Å². The van der Waals surface area contributed by atoms with Crippen molar-refractivity contribution < 1.29 is 18.9 Å². The highest BCUT2D eigenvalue weighted by Crippen LogP contribution is 2.44. The van der Waals surface area contributed by atoms with Gasteiger partial charge in [-0.2, -0.15) is 0 Å². The van der Waals surface area contributed by atoms with Crippen LogP contribution in [0.3, 0.4) is 0 Å². The Bertz CT molecular complexity index is 1130. The van der Waals surface area contributed by atoms with Crippen molar-refractivity contribution in [2.24, 2.45) is 0 Å². The summed E-state index contributed by atoms with van der Waals surface area (Å²) in [6, 6.07) is 9.76. The van der Waals surface area contributed by atoms with Crippen LogP contribution in [-0.4, -0.2) is 46.9 Å². The average Bonchev–Trinajstić information content (AvgIpc) is 3.20. The van der Waals surface area contributed by atoms with E-state index in [1.165, 1.54) is 12.1 Å². The van der Waals surface area contributed by atoms with Gasteiger partial charge in [0.15, 0.2) is 8.32 Å². The van der Waals surface area contributed by atoms with Crippen LogP contribution in [0.1, 0.15) is 71.6 Å². The summed E-state index contributed by atoms with van der Waals surface area (Å²) < 4.78 is 12.9. The number of nitro benzene ring substituents is 1. The zero-order valence-corrected chi connectivity index (χ0v) is 25.4. The molecule has 0 bridgehead atoms. The number of hydrogen-bond acceptors (Lipinski definition) is 6. The maximum absolute atomic E-state index is 13.7. The first-order chi connectivity index (χ1) is 17.5. The summed E-state index contributed by atoms with van der Waals surface area (Å²) in [4.78, 5) is 30.5. The van der Waals surface area contributed by atoms with Gasteiger partial charge in [-0.3, -0.25) is 15.0 Å². The first-order valence-corrected chi connectivity index (χ1v) is 16.3. The third kappa shape index (κ3) is 7.33. The van der Waals surface area contributed by atoms with Crippen LogP contribution in [0.25, 0.3) is 0 Å². The van der Waals surface area contributed by atoms with Crippen molar-refractivity contribution in [1.82, 2.24) is 9.88 Å². The molecule has 1 aromatic heterocycles. The van der Waals surface area contributed by atoms with Gasteiger partial charge in [-0.1, -0.05) is 50.6 Å². The molecule has 2 aromatic rings. The summed E-state index contributed by atoms with van der Waals surface area (Å²) in [5.74, 6) is 0. The molecule has 1 aliphatic heterocycles. The number of amides is 1. The number of benzene rings is 1. The molecule has 8 nitrogen and oxygen atoms in total. The van der Waals surface area contributed by atoms with E-state index in [-0.39, 0.29) is 22.8 Å². The molecule has 10 heteroatoms. The van der Waals surface area contributed by atoms with E-state index in [0.29, 0.717) is 11.6 Å². The SMILES string of the molecule is CC(C)(C)OC(=O)N1[C@@H](Cc2ccc([N+](=O)[O-])cc2)CC[C@@H]1[C@H](O[Si](C)(C)C(C)(C)C)c1ccc(Cl)nc1. The van der Waals surface area contributed by atoms with Gasteiger partial charge >= 0.3 is 6.09 Å². The maximum atomic E-state index is 13.7. The Balaban J connectivity index is 2.01. The molecule has 2 heterocycles. The van der Waals surface area contributed by atoms with E-state index in [9.17, 15) is 14.9 Å². The maximum Gasteiger partial charge on any atom is 0.410 e. The summed E-state index contributed by atoms with van der Waals surface area (Å²) in [7, 11) is -2.26. The molecule has 38 heavy (non-hydrogen) atoms. The molecule has 1 saturated heterocycles. The van der Waals surface area contributed by atoms with Crippen LogP contribution in [0.15, 0.2) is 42.6 Å². The molecule has 3 atom stereocenters. The predicted molar refractivity (Wildman–Crippen MR) is 152 cm³/mol. The standard InChI is InChI=1S/C28H40ClN3O5Si/c1-27(2,3)36-26(33)31-22(17-19-9-12-21(13-10-19)32(34)35)14-15-23(31)25(20-11-16-24(29)30-18-20)37-38(7,8)28(4,5)6/h9-13,16,18,22-23,25H,14-15,17H2,1-8H3/t22-,23-,25-/m1/s1. The molecule has 1 aliphatic rings. The molecular formula is C28H40ClN3O5Si. The van der Waals surface area contributed by atoms with E-state index in [0.717, 1.165) is 24.0 Å². The second-order valence-corrected chi connectivity index (χ2v) is 17.7. The largest absolute Gasteiger partial charge is 0.444 e. The van der Waals surface area contributed by atoms with Crippen molar-refractivity contribution in [2.75, 3.05) is 0 Å². The van der Waals surface area contributed by atoms with E-state index in [1.807, 2.05) is 31.7 Å². The van der Waals surface area contributed by atoms with E-state index in [4.69, 9.17) is 20.8 Å². The zero-order valence-electron chi connectivity index (χ0n) is 23.7. The number of ether oxygens (including phenoxy) is 1. The Labute approximate surface area is 232 Å². The van der Waals surface area contributed by atoms with Gasteiger partial charge in [-0.05, 0) is 69.8 Å². The lowest BCUT2D eigenvalue weighted by Crippen LogP contribution is -2.50. The average molecular weight is 562 g/mol. The molecule has 1 amide bonds. The first-order valence-electron chi connectivity index (χ1n) is 13.0. The highest BCUT2D eigenvalue weighted by Gasteiger charge is 2.47. The van der Waals surface area contributed by atoms with Crippen LogP contribution in [0, 0.1) is 10.1 Å². The smallest absolute Gasteiger partial charge is 0.410 e. The molecule has 1 fully saturated rings. The minimum Gasteiger partial charge on any atom is -0.444 e. The Hall–Kier alpha value is -2.49. The summed E-state index contributed by atoms with van der Waals surface area (Å²) >= 11 is 6.11. The molecule has 0 aliphatic carbocycles. The quantitative estimate of drug-likeness (QED) is 0.149. The van der Waals surface area contributed by atoms with Gasteiger partial charge in [-0.25, -0.2) is 9.78 Å². The number of carbonyl (C=O) groups excluding carboxylic acids is 1. The van der Waals surface area contributed by atoms with Crippen molar-refractivity contribution in [2.45, 2.75) is 103 Å². The Morgan fingerprint density at radius 1 is 1.13 bits per heavy atom. The molecule has 0 unspecified atom stereocenters. The second-order valence-electron chi connectivity index (χ2n) is 12.5. The molecule has 0 spiro atoms. The number of rotatable bonds is 7. The van der Waals surface area contributed by atoms with Gasteiger partial charge in [-0.15, -0.1) is 0 Å². The second kappa shape index (κ2) is 11.3. The summed E-state index contributed by atoms with van der Waals surface area (Å²) in [6.07, 6.45) is 2.96. The molecule has 208 valence electrons. The fraction of sp³-hybridized carbons (Fsp3) is 0.571. The van der Waals surface area contributed by atoms with Gasteiger partial charge < -0.3 is 9.16 Å². The van der Waals surface area contributed by atoms with Crippen molar-refractivity contribution in [1.29, 1.82) is 0 Å². The van der Waals surface area contributed by atoms with Crippen LogP contribution in [0.4, 0.5) is 10.5 Å². The van der Waals surface area contributed by atoms with E-state index in [2.05, 4.69) is 38.8 Å². The third-order valence-corrected chi connectivity index (χ3v) is 12.1. The van der Waals surface area contributed by atoms with E-state index < -0.39 is 31.0 Å². The fourth-order valence-corrected chi connectivity index (χ4v) is 5.85. The third-order valence-electron chi connectivity index (χ3n) is 7.43. The minimum absolute atomic E-state index is 0.0418. The van der Waals surface area contributed by atoms with Crippen LogP contribution in [0.2, 0.25) is 23.3 Å². The van der Waals surface area contributed by atoms with Gasteiger partial charge in [0.25, 0.3) is 5.69 Å². The van der Waals surface area contributed by atoms with Gasteiger partial charge in [0.1, 0.15) is 10.8 Å². The fourth-order valence-electron chi connectivity index (χ4n) is 4.45.